The Balaban J connectivity index is 1.25. The van der Waals surface area contributed by atoms with Crippen LogP contribution in [0.4, 0.5) is 0 Å². The molecule has 195 valence electrons. The van der Waals surface area contributed by atoms with E-state index in [1.54, 1.807) is 18.4 Å². The summed E-state index contributed by atoms with van der Waals surface area (Å²) in [6, 6.07) is 19.1. The van der Waals surface area contributed by atoms with Crippen molar-refractivity contribution >= 4 is 33.2 Å². The van der Waals surface area contributed by atoms with Gasteiger partial charge in [0.1, 0.15) is 5.75 Å². The van der Waals surface area contributed by atoms with Gasteiger partial charge in [0.05, 0.1) is 12.7 Å². The van der Waals surface area contributed by atoms with Crippen molar-refractivity contribution in [2.75, 3.05) is 33.3 Å². The lowest BCUT2D eigenvalue weighted by Crippen LogP contribution is -2.52. The van der Waals surface area contributed by atoms with Crippen molar-refractivity contribution in [3.63, 3.8) is 0 Å². The van der Waals surface area contributed by atoms with E-state index in [4.69, 9.17) is 4.74 Å². The molecule has 2 aromatic carbocycles. The molecule has 5 rings (SSSR count). The van der Waals surface area contributed by atoms with Gasteiger partial charge >= 0.3 is 0 Å². The number of benzene rings is 2. The largest absolute Gasteiger partial charge is 0.496 e. The lowest BCUT2D eigenvalue weighted by molar-refractivity contribution is -0.142. The molecule has 8 heteroatoms. The number of likely N-dealkylation sites (tertiary alicyclic amines) is 2. The van der Waals surface area contributed by atoms with Gasteiger partial charge in [-0.3, -0.25) is 9.69 Å². The van der Waals surface area contributed by atoms with Crippen LogP contribution in [0.15, 0.2) is 58.6 Å². The number of methoxy groups -OCH3 is 1. The van der Waals surface area contributed by atoms with Gasteiger partial charge in [0.25, 0.3) is 0 Å². The number of piperidine rings is 2. The highest BCUT2D eigenvalue weighted by atomic mass is 79.9. The third-order valence-corrected chi connectivity index (χ3v) is 9.26. The summed E-state index contributed by atoms with van der Waals surface area (Å²) in [5.74, 6) is 1.08. The van der Waals surface area contributed by atoms with Crippen molar-refractivity contribution in [1.29, 1.82) is 0 Å². The summed E-state index contributed by atoms with van der Waals surface area (Å²) in [6.45, 7) is 3.73. The van der Waals surface area contributed by atoms with Gasteiger partial charge in [-0.05, 0) is 71.1 Å². The standard InChI is InChI=1S/C29H33BrN3O3S/c1-36-26-10-6-5-9-22(26)17-29(35)12-15-33(16-13-29)27(34)24-11-14-32(19-23-18-31-28(30)37-23)20-25(24)21-7-3-2-4-8-21/h2-4,6-10,18,24-25,35H,11-17,19-20H2,1H3/t24-,25+/m1/s1. The number of hydrogen-bond donors (Lipinski definition) is 1. The molecule has 1 radical (unpaired) electrons. The molecule has 0 unspecified atom stereocenters. The SMILES string of the molecule is COc1cc[c]cc1CC1(O)CCN(C(=O)[C@@H]2CCN(Cc3cnc(Br)s3)C[C@H]2c2ccccc2)CC1. The zero-order valence-electron chi connectivity index (χ0n) is 21.1. The van der Waals surface area contributed by atoms with Crippen LogP contribution < -0.4 is 4.74 Å². The van der Waals surface area contributed by atoms with E-state index in [0.29, 0.717) is 32.4 Å². The molecule has 1 amide bonds. The molecule has 2 fully saturated rings. The fourth-order valence-corrected chi connectivity index (χ4v) is 7.17. The second-order valence-corrected chi connectivity index (χ2v) is 12.6. The molecule has 0 bridgehead atoms. The summed E-state index contributed by atoms with van der Waals surface area (Å²) < 4.78 is 6.37. The molecule has 2 aliphatic heterocycles. The molecule has 1 N–H and O–H groups in total. The van der Waals surface area contributed by atoms with Gasteiger partial charge in [-0.2, -0.15) is 0 Å². The van der Waals surface area contributed by atoms with E-state index in [1.807, 2.05) is 35.4 Å². The molecule has 2 saturated heterocycles. The minimum atomic E-state index is -0.843. The van der Waals surface area contributed by atoms with Gasteiger partial charge in [-0.25, -0.2) is 4.98 Å². The van der Waals surface area contributed by atoms with Crippen LogP contribution in [-0.4, -0.2) is 64.7 Å². The average Bonchev–Trinajstić information content (AvgIpc) is 3.33. The van der Waals surface area contributed by atoms with Gasteiger partial charge in [0.2, 0.25) is 5.91 Å². The lowest BCUT2D eigenvalue weighted by Gasteiger charge is -2.43. The summed E-state index contributed by atoms with van der Waals surface area (Å²) >= 11 is 5.13. The third-order valence-electron chi connectivity index (χ3n) is 7.80. The highest BCUT2D eigenvalue weighted by Gasteiger charge is 2.40. The zero-order valence-corrected chi connectivity index (χ0v) is 23.5. The van der Waals surface area contributed by atoms with Crippen LogP contribution >= 0.6 is 27.3 Å². The van der Waals surface area contributed by atoms with Crippen molar-refractivity contribution in [1.82, 2.24) is 14.8 Å². The fourth-order valence-electron chi connectivity index (χ4n) is 5.77. The van der Waals surface area contributed by atoms with Gasteiger partial charge < -0.3 is 14.7 Å². The first-order valence-electron chi connectivity index (χ1n) is 12.9. The molecular formula is C29H33BrN3O3S. The Morgan fingerprint density at radius 1 is 1.24 bits per heavy atom. The highest BCUT2D eigenvalue weighted by molar-refractivity contribution is 9.11. The quantitative estimate of drug-likeness (QED) is 0.428. The Morgan fingerprint density at radius 3 is 2.73 bits per heavy atom. The van der Waals surface area contributed by atoms with Crippen LogP contribution in [0.2, 0.25) is 0 Å². The van der Waals surface area contributed by atoms with Crippen LogP contribution in [-0.2, 0) is 17.8 Å². The molecule has 1 aromatic heterocycles. The topological polar surface area (TPSA) is 65.9 Å². The van der Waals surface area contributed by atoms with E-state index >= 15 is 0 Å². The Labute approximate surface area is 231 Å². The summed E-state index contributed by atoms with van der Waals surface area (Å²) in [5.41, 5.74) is 1.33. The first-order chi connectivity index (χ1) is 17.9. The van der Waals surface area contributed by atoms with Crippen LogP contribution in [0.25, 0.3) is 0 Å². The molecule has 3 heterocycles. The molecular weight excluding hydrogens is 550 g/mol. The van der Waals surface area contributed by atoms with E-state index in [2.05, 4.69) is 56.1 Å². The number of rotatable bonds is 7. The first-order valence-corrected chi connectivity index (χ1v) is 14.5. The third kappa shape index (κ3) is 6.25. The maximum absolute atomic E-state index is 13.9. The number of carbonyl (C=O) groups is 1. The zero-order chi connectivity index (χ0) is 25.8. The van der Waals surface area contributed by atoms with Gasteiger partial charge in [0, 0.05) is 55.5 Å². The maximum Gasteiger partial charge on any atom is 0.226 e. The van der Waals surface area contributed by atoms with E-state index in [-0.39, 0.29) is 17.7 Å². The lowest BCUT2D eigenvalue weighted by atomic mass is 9.78. The fraction of sp³-hybridized carbons (Fsp3) is 0.448. The predicted octanol–water partition coefficient (Wildman–Crippen LogP) is 4.92. The van der Waals surface area contributed by atoms with Crippen LogP contribution in [0.5, 0.6) is 5.75 Å². The number of aromatic nitrogens is 1. The Hall–Kier alpha value is -2.26. The van der Waals surface area contributed by atoms with Gasteiger partial charge in [-0.15, -0.1) is 11.3 Å². The van der Waals surface area contributed by atoms with E-state index in [1.165, 1.54) is 10.4 Å². The Kier molecular flexibility index (Phi) is 8.29. The maximum atomic E-state index is 13.9. The van der Waals surface area contributed by atoms with Crippen molar-refractivity contribution in [3.8, 4) is 5.75 Å². The molecule has 0 spiro atoms. The van der Waals surface area contributed by atoms with E-state index < -0.39 is 5.60 Å². The first kappa shape index (κ1) is 26.4. The summed E-state index contributed by atoms with van der Waals surface area (Å²) in [7, 11) is 1.65. The van der Waals surface area contributed by atoms with Crippen molar-refractivity contribution in [2.45, 2.75) is 43.7 Å². The Bertz CT molecular complexity index is 1200. The van der Waals surface area contributed by atoms with Gasteiger partial charge in [0.15, 0.2) is 3.92 Å². The number of ether oxygens (including phenoxy) is 1. The highest BCUT2D eigenvalue weighted by Crippen LogP contribution is 2.37. The number of carbonyl (C=O) groups excluding carboxylic acids is 1. The van der Waals surface area contributed by atoms with Crippen molar-refractivity contribution in [2.24, 2.45) is 5.92 Å². The number of thiazole rings is 1. The van der Waals surface area contributed by atoms with Crippen molar-refractivity contribution < 1.29 is 14.6 Å². The van der Waals surface area contributed by atoms with Crippen LogP contribution in [0.1, 0.15) is 41.2 Å². The van der Waals surface area contributed by atoms with Crippen LogP contribution in [0.3, 0.4) is 0 Å². The molecule has 0 aliphatic carbocycles. The van der Waals surface area contributed by atoms with Crippen LogP contribution in [0, 0.1) is 12.0 Å². The summed E-state index contributed by atoms with van der Waals surface area (Å²) in [5, 5.41) is 11.3. The molecule has 2 atom stereocenters. The normalized spacial score (nSPS) is 22.1. The van der Waals surface area contributed by atoms with E-state index in [0.717, 1.165) is 41.3 Å². The minimum Gasteiger partial charge on any atom is -0.496 e. The number of nitrogens with zero attached hydrogens (tertiary/aromatic N) is 3. The molecule has 2 aliphatic rings. The smallest absolute Gasteiger partial charge is 0.226 e. The second kappa shape index (κ2) is 11.6. The van der Waals surface area contributed by atoms with Gasteiger partial charge in [-0.1, -0.05) is 36.4 Å². The molecule has 6 nitrogen and oxygen atoms in total. The monoisotopic (exact) mass is 582 g/mol. The average molecular weight is 584 g/mol. The number of halogens is 1. The summed E-state index contributed by atoms with van der Waals surface area (Å²) in [6.07, 6.45) is 4.39. The number of amides is 1. The second-order valence-electron chi connectivity index (χ2n) is 10.2. The number of aliphatic hydroxyl groups is 1. The minimum absolute atomic E-state index is 0.0538. The number of hydrogen-bond acceptors (Lipinski definition) is 6. The van der Waals surface area contributed by atoms with E-state index in [9.17, 15) is 9.90 Å². The molecule has 0 saturated carbocycles. The predicted molar refractivity (Wildman–Crippen MR) is 149 cm³/mol. The van der Waals surface area contributed by atoms with Crippen molar-refractivity contribution in [3.05, 3.63) is 80.7 Å². The Morgan fingerprint density at radius 2 is 2.03 bits per heavy atom. The molecule has 37 heavy (non-hydrogen) atoms. The molecule has 3 aromatic rings. The summed E-state index contributed by atoms with van der Waals surface area (Å²) in [4.78, 5) is 23.9.